The predicted octanol–water partition coefficient (Wildman–Crippen LogP) is 2.25. The van der Waals surface area contributed by atoms with Crippen LogP contribution in [0.2, 0.25) is 0 Å². The Bertz CT molecular complexity index is 571. The molecule has 1 N–H and O–H groups in total. The Kier molecular flexibility index (Phi) is 5.64. The molecule has 0 spiro atoms. The van der Waals surface area contributed by atoms with Crippen LogP contribution in [-0.2, 0) is 16.0 Å². The van der Waals surface area contributed by atoms with E-state index in [0.717, 1.165) is 11.3 Å². The highest BCUT2D eigenvalue weighted by Gasteiger charge is 2.31. The number of likely N-dealkylation sites (tertiary alicyclic amines) is 1. The third-order valence-corrected chi connectivity index (χ3v) is 4.42. The van der Waals surface area contributed by atoms with Crippen molar-refractivity contribution < 1.29 is 14.7 Å². The van der Waals surface area contributed by atoms with Crippen LogP contribution in [0.15, 0.2) is 24.3 Å². The number of carbonyl (C=O) groups excluding carboxylic acids is 1. The molecule has 1 amide bonds. The van der Waals surface area contributed by atoms with Gasteiger partial charge in [0, 0.05) is 39.3 Å². The molecule has 0 bridgehead atoms. The Balaban J connectivity index is 1.94. The average molecular weight is 318 g/mol. The minimum atomic E-state index is -0.798. The molecule has 1 fully saturated rings. The number of rotatable bonds is 5. The molecule has 0 aromatic heterocycles. The molecule has 1 aliphatic heterocycles. The van der Waals surface area contributed by atoms with E-state index in [1.807, 2.05) is 44.1 Å². The second kappa shape index (κ2) is 7.49. The standard InChI is InChI=1S/C18H26N2O3/c1-13-9-15(18(22)23)12-20(11-13)17(21)8-7-14-5-4-6-16(10-14)19(2)3/h4-6,10,13,15H,7-9,11-12H2,1-3H3,(H,22,23). The van der Waals surface area contributed by atoms with Gasteiger partial charge in [0.25, 0.3) is 0 Å². The van der Waals surface area contributed by atoms with Crippen LogP contribution in [-0.4, -0.2) is 49.1 Å². The van der Waals surface area contributed by atoms with E-state index in [-0.39, 0.29) is 11.8 Å². The summed E-state index contributed by atoms with van der Waals surface area (Å²) in [6.07, 6.45) is 1.77. The molecular weight excluding hydrogens is 292 g/mol. The van der Waals surface area contributed by atoms with Crippen LogP contribution in [0.3, 0.4) is 0 Å². The van der Waals surface area contributed by atoms with Crippen molar-refractivity contribution in [2.75, 3.05) is 32.1 Å². The molecule has 1 saturated heterocycles. The maximum Gasteiger partial charge on any atom is 0.308 e. The number of aryl methyl sites for hydroxylation is 1. The van der Waals surface area contributed by atoms with Gasteiger partial charge in [0.1, 0.15) is 0 Å². The molecule has 5 heteroatoms. The van der Waals surface area contributed by atoms with Gasteiger partial charge in [0.2, 0.25) is 5.91 Å². The molecule has 0 saturated carbocycles. The highest BCUT2D eigenvalue weighted by atomic mass is 16.4. The number of amides is 1. The molecule has 1 aliphatic rings. The van der Waals surface area contributed by atoms with Gasteiger partial charge in [-0.05, 0) is 36.5 Å². The van der Waals surface area contributed by atoms with E-state index in [1.165, 1.54) is 0 Å². The zero-order valence-corrected chi connectivity index (χ0v) is 14.2. The minimum Gasteiger partial charge on any atom is -0.481 e. The third-order valence-electron chi connectivity index (χ3n) is 4.42. The normalized spacial score (nSPS) is 21.1. The molecule has 1 aromatic carbocycles. The third kappa shape index (κ3) is 4.71. The molecule has 0 aliphatic carbocycles. The van der Waals surface area contributed by atoms with Crippen LogP contribution in [0, 0.1) is 11.8 Å². The molecule has 23 heavy (non-hydrogen) atoms. The molecule has 5 nitrogen and oxygen atoms in total. The van der Waals surface area contributed by atoms with Gasteiger partial charge < -0.3 is 14.9 Å². The molecule has 2 unspecified atom stereocenters. The molecule has 1 heterocycles. The van der Waals surface area contributed by atoms with Gasteiger partial charge in [0.15, 0.2) is 0 Å². The zero-order valence-electron chi connectivity index (χ0n) is 14.2. The van der Waals surface area contributed by atoms with Gasteiger partial charge in [-0.15, -0.1) is 0 Å². The van der Waals surface area contributed by atoms with Crippen LogP contribution >= 0.6 is 0 Å². The molecule has 1 aromatic rings. The number of benzene rings is 1. The van der Waals surface area contributed by atoms with E-state index < -0.39 is 11.9 Å². The SMILES string of the molecule is CC1CC(C(=O)O)CN(C(=O)CCc2cccc(N(C)C)c2)C1. The fourth-order valence-corrected chi connectivity index (χ4v) is 3.13. The second-order valence-corrected chi connectivity index (χ2v) is 6.74. The summed E-state index contributed by atoms with van der Waals surface area (Å²) in [6, 6.07) is 8.15. The maximum absolute atomic E-state index is 12.4. The van der Waals surface area contributed by atoms with E-state index in [2.05, 4.69) is 6.07 Å². The number of hydrogen-bond donors (Lipinski definition) is 1. The predicted molar refractivity (Wildman–Crippen MR) is 90.6 cm³/mol. The number of hydrogen-bond acceptors (Lipinski definition) is 3. The van der Waals surface area contributed by atoms with Crippen molar-refractivity contribution in [3.8, 4) is 0 Å². The Morgan fingerprint density at radius 1 is 1.30 bits per heavy atom. The van der Waals surface area contributed by atoms with Gasteiger partial charge in [-0.3, -0.25) is 9.59 Å². The highest BCUT2D eigenvalue weighted by molar-refractivity contribution is 5.78. The fourth-order valence-electron chi connectivity index (χ4n) is 3.13. The second-order valence-electron chi connectivity index (χ2n) is 6.74. The van der Waals surface area contributed by atoms with E-state index in [1.54, 1.807) is 4.90 Å². The van der Waals surface area contributed by atoms with Gasteiger partial charge in [0.05, 0.1) is 5.92 Å². The highest BCUT2D eigenvalue weighted by Crippen LogP contribution is 2.23. The molecular formula is C18H26N2O3. The summed E-state index contributed by atoms with van der Waals surface area (Å²) in [7, 11) is 3.98. The number of aliphatic carboxylic acids is 1. The first-order valence-corrected chi connectivity index (χ1v) is 8.13. The first-order valence-electron chi connectivity index (χ1n) is 8.13. The molecule has 0 radical (unpaired) electrons. The minimum absolute atomic E-state index is 0.0538. The monoisotopic (exact) mass is 318 g/mol. The van der Waals surface area contributed by atoms with E-state index >= 15 is 0 Å². The molecule has 2 rings (SSSR count). The van der Waals surface area contributed by atoms with Crippen molar-refractivity contribution in [3.05, 3.63) is 29.8 Å². The maximum atomic E-state index is 12.4. The lowest BCUT2D eigenvalue weighted by Crippen LogP contribution is -2.45. The van der Waals surface area contributed by atoms with E-state index in [0.29, 0.717) is 32.4 Å². The summed E-state index contributed by atoms with van der Waals surface area (Å²) in [5.41, 5.74) is 2.25. The van der Waals surface area contributed by atoms with Gasteiger partial charge in [-0.25, -0.2) is 0 Å². The summed E-state index contributed by atoms with van der Waals surface area (Å²) in [5, 5.41) is 9.20. The summed E-state index contributed by atoms with van der Waals surface area (Å²) in [5.74, 6) is -0.934. The first-order chi connectivity index (χ1) is 10.9. The average Bonchev–Trinajstić information content (AvgIpc) is 2.52. The van der Waals surface area contributed by atoms with Crippen molar-refractivity contribution in [1.29, 1.82) is 0 Å². The number of anilines is 1. The van der Waals surface area contributed by atoms with Crippen molar-refractivity contribution in [1.82, 2.24) is 4.90 Å². The number of carbonyl (C=O) groups is 2. The Labute approximate surface area is 137 Å². The number of piperidine rings is 1. The Morgan fingerprint density at radius 2 is 2.04 bits per heavy atom. The van der Waals surface area contributed by atoms with Crippen LogP contribution in [0.25, 0.3) is 0 Å². The summed E-state index contributed by atoms with van der Waals surface area (Å²) in [6.45, 7) is 3.02. The molecule has 126 valence electrons. The van der Waals surface area contributed by atoms with Crippen LogP contribution in [0.5, 0.6) is 0 Å². The summed E-state index contributed by atoms with van der Waals surface area (Å²) in [4.78, 5) is 27.4. The fraction of sp³-hybridized carbons (Fsp3) is 0.556. The van der Waals surface area contributed by atoms with Crippen LogP contribution < -0.4 is 4.90 Å². The number of carboxylic acid groups (broad SMARTS) is 1. The summed E-state index contributed by atoms with van der Waals surface area (Å²) < 4.78 is 0. The summed E-state index contributed by atoms with van der Waals surface area (Å²) >= 11 is 0. The van der Waals surface area contributed by atoms with Crippen molar-refractivity contribution in [2.24, 2.45) is 11.8 Å². The Hall–Kier alpha value is -2.04. The lowest BCUT2D eigenvalue weighted by Gasteiger charge is -2.34. The van der Waals surface area contributed by atoms with Crippen molar-refractivity contribution >= 4 is 17.6 Å². The van der Waals surface area contributed by atoms with E-state index in [4.69, 9.17) is 0 Å². The lowest BCUT2D eigenvalue weighted by molar-refractivity contribution is -0.146. The lowest BCUT2D eigenvalue weighted by atomic mass is 9.90. The smallest absolute Gasteiger partial charge is 0.308 e. The number of carboxylic acids is 1. The quantitative estimate of drug-likeness (QED) is 0.904. The van der Waals surface area contributed by atoms with Gasteiger partial charge in [-0.1, -0.05) is 19.1 Å². The van der Waals surface area contributed by atoms with Gasteiger partial charge >= 0.3 is 5.97 Å². The molecule has 2 atom stereocenters. The first kappa shape index (κ1) is 17.3. The van der Waals surface area contributed by atoms with Crippen molar-refractivity contribution in [2.45, 2.75) is 26.2 Å². The zero-order chi connectivity index (χ0) is 17.0. The van der Waals surface area contributed by atoms with Crippen molar-refractivity contribution in [3.63, 3.8) is 0 Å². The topological polar surface area (TPSA) is 60.9 Å². The largest absolute Gasteiger partial charge is 0.481 e. The number of nitrogens with zero attached hydrogens (tertiary/aromatic N) is 2. The van der Waals surface area contributed by atoms with Crippen LogP contribution in [0.4, 0.5) is 5.69 Å². The Morgan fingerprint density at radius 3 is 2.70 bits per heavy atom. The van der Waals surface area contributed by atoms with Gasteiger partial charge in [-0.2, -0.15) is 0 Å². The van der Waals surface area contributed by atoms with E-state index in [9.17, 15) is 14.7 Å². The van der Waals surface area contributed by atoms with Crippen LogP contribution in [0.1, 0.15) is 25.3 Å².